The molecule has 14 heavy (non-hydrogen) atoms. The number of aryl methyl sites for hydroxylation is 1. The zero-order valence-corrected chi connectivity index (χ0v) is 12.0. The van der Waals surface area contributed by atoms with Gasteiger partial charge < -0.3 is 11.5 Å². The Balaban J connectivity index is 0.00000169. The van der Waals surface area contributed by atoms with Gasteiger partial charge in [0.15, 0.2) is 0 Å². The summed E-state index contributed by atoms with van der Waals surface area (Å²) < 4.78 is 0. The molecule has 1 aromatic rings. The predicted octanol–water partition coefficient (Wildman–Crippen LogP) is -0.565. The Labute approximate surface area is 128 Å². The van der Waals surface area contributed by atoms with E-state index in [2.05, 4.69) is 6.58 Å². The van der Waals surface area contributed by atoms with Gasteiger partial charge in [0.05, 0.1) is 0 Å². The monoisotopic (exact) mass is 214 g/mol. The molecule has 1 atom stereocenters. The van der Waals surface area contributed by atoms with E-state index < -0.39 is 0 Å². The molecule has 0 radical (unpaired) electrons. The summed E-state index contributed by atoms with van der Waals surface area (Å²) in [6, 6.07) is 7.75. The van der Waals surface area contributed by atoms with Crippen LogP contribution in [0.1, 0.15) is 11.1 Å². The van der Waals surface area contributed by atoms with Gasteiger partial charge in [0.1, 0.15) is 0 Å². The van der Waals surface area contributed by atoms with Gasteiger partial charge >= 0.3 is 51.4 Å². The van der Waals surface area contributed by atoms with E-state index in [4.69, 9.17) is 11.5 Å². The molecule has 70 valence electrons. The molecule has 0 amide bonds. The van der Waals surface area contributed by atoms with Crippen molar-refractivity contribution in [1.82, 2.24) is 0 Å². The summed E-state index contributed by atoms with van der Waals surface area (Å²) in [7, 11) is 0. The first-order valence-corrected chi connectivity index (χ1v) is 4.30. The van der Waals surface area contributed by atoms with E-state index in [1.54, 1.807) is 0 Å². The van der Waals surface area contributed by atoms with Gasteiger partial charge in [-0.1, -0.05) is 42.4 Å². The summed E-state index contributed by atoms with van der Waals surface area (Å²) in [5.41, 5.74) is 15.8. The molecule has 0 saturated carbocycles. The van der Waals surface area contributed by atoms with Crippen LogP contribution in [-0.4, -0.2) is 6.04 Å². The van der Waals surface area contributed by atoms with Crippen molar-refractivity contribution in [2.24, 2.45) is 5.73 Å². The average molecular weight is 214 g/mol. The van der Waals surface area contributed by atoms with Gasteiger partial charge in [-0.25, -0.2) is 0 Å². The first kappa shape index (κ1) is 14.4. The molecular weight excluding hydrogens is 199 g/mol. The molecule has 0 spiro atoms. The zero-order chi connectivity index (χ0) is 9.84. The van der Waals surface area contributed by atoms with Crippen molar-refractivity contribution in [3.05, 3.63) is 53.4 Å². The normalized spacial score (nSPS) is 11.6. The SMILES string of the molecule is C=C(N)[C@@H]([NH-])Cc1ccc(C)cc1.[K+]. The summed E-state index contributed by atoms with van der Waals surface area (Å²) in [4.78, 5) is 0. The molecule has 0 heterocycles. The second-order valence-electron chi connectivity index (χ2n) is 3.32. The molecule has 3 heteroatoms. The van der Waals surface area contributed by atoms with Crippen LogP contribution in [0.4, 0.5) is 0 Å². The van der Waals surface area contributed by atoms with Crippen molar-refractivity contribution >= 4 is 0 Å². The van der Waals surface area contributed by atoms with Gasteiger partial charge in [-0.15, -0.1) is 0 Å². The second kappa shape index (κ2) is 6.77. The van der Waals surface area contributed by atoms with Gasteiger partial charge in [0.25, 0.3) is 0 Å². The zero-order valence-electron chi connectivity index (χ0n) is 8.88. The molecule has 3 N–H and O–H groups in total. The quantitative estimate of drug-likeness (QED) is 0.673. The Kier molecular flexibility index (Phi) is 6.94. The van der Waals surface area contributed by atoms with Crippen molar-refractivity contribution in [2.45, 2.75) is 19.4 Å². The number of rotatable bonds is 3. The van der Waals surface area contributed by atoms with Crippen LogP contribution >= 0.6 is 0 Å². The van der Waals surface area contributed by atoms with Crippen LogP contribution in [-0.2, 0) is 6.42 Å². The molecule has 0 fully saturated rings. The third-order valence-electron chi connectivity index (χ3n) is 2.01. The maximum Gasteiger partial charge on any atom is 1.00 e. The summed E-state index contributed by atoms with van der Waals surface area (Å²) >= 11 is 0. The fraction of sp³-hybridized carbons (Fsp3) is 0.273. The van der Waals surface area contributed by atoms with E-state index in [-0.39, 0.29) is 57.4 Å². The maximum absolute atomic E-state index is 7.59. The topological polar surface area (TPSA) is 49.8 Å². The van der Waals surface area contributed by atoms with E-state index in [1.165, 1.54) is 5.56 Å². The molecule has 1 aromatic carbocycles. The van der Waals surface area contributed by atoms with Crippen molar-refractivity contribution in [3.63, 3.8) is 0 Å². The van der Waals surface area contributed by atoms with Crippen molar-refractivity contribution in [1.29, 1.82) is 0 Å². The largest absolute Gasteiger partial charge is 1.00 e. The van der Waals surface area contributed by atoms with Gasteiger partial charge in [0, 0.05) is 0 Å². The molecule has 0 aliphatic rings. The Bertz CT molecular complexity index is 293. The Morgan fingerprint density at radius 3 is 2.36 bits per heavy atom. The Hall–Kier alpha value is 0.356. The van der Waals surface area contributed by atoms with E-state index in [0.717, 1.165) is 5.56 Å². The standard InChI is InChI=1S/C11H15N2.K/c1-8-3-5-10(6-4-8)7-11(13)9(2)12;/h3-6,11,13H,2,7,12H2,1H3;/q-1;+1/t11-;/m0./s1. The first-order valence-electron chi connectivity index (χ1n) is 4.30. The third kappa shape index (κ3) is 4.73. The van der Waals surface area contributed by atoms with Gasteiger partial charge in [-0.3, -0.25) is 0 Å². The number of nitrogens with two attached hydrogens (primary N) is 1. The summed E-state index contributed by atoms with van der Waals surface area (Å²) in [5, 5.41) is 0. The molecule has 0 unspecified atom stereocenters. The van der Waals surface area contributed by atoms with Crippen LogP contribution in [0.2, 0.25) is 0 Å². The van der Waals surface area contributed by atoms with Gasteiger partial charge in [-0.05, 0) is 24.6 Å². The molecule has 1 rings (SSSR count). The minimum absolute atomic E-state index is 0. The van der Waals surface area contributed by atoms with Crippen LogP contribution in [0.25, 0.3) is 5.73 Å². The number of benzene rings is 1. The molecule has 0 bridgehead atoms. The van der Waals surface area contributed by atoms with Crippen LogP contribution < -0.4 is 57.1 Å². The Morgan fingerprint density at radius 1 is 1.43 bits per heavy atom. The van der Waals surface area contributed by atoms with Gasteiger partial charge in [0.2, 0.25) is 0 Å². The number of hydrogen-bond acceptors (Lipinski definition) is 1. The fourth-order valence-corrected chi connectivity index (χ4v) is 1.09. The maximum atomic E-state index is 7.59. The number of nitrogens with one attached hydrogen (secondary N) is 1. The van der Waals surface area contributed by atoms with Crippen LogP contribution in [0.5, 0.6) is 0 Å². The van der Waals surface area contributed by atoms with Crippen LogP contribution in [0.3, 0.4) is 0 Å². The third-order valence-corrected chi connectivity index (χ3v) is 2.01. The first-order chi connectivity index (χ1) is 6.09. The van der Waals surface area contributed by atoms with E-state index in [9.17, 15) is 0 Å². The summed E-state index contributed by atoms with van der Waals surface area (Å²) in [6.07, 6.45) is 0.648. The molecule has 0 aliphatic heterocycles. The van der Waals surface area contributed by atoms with Crippen molar-refractivity contribution in [2.75, 3.05) is 0 Å². The predicted molar refractivity (Wildman–Crippen MR) is 56.3 cm³/mol. The average Bonchev–Trinajstić information content (AvgIpc) is 2.08. The molecule has 0 aliphatic carbocycles. The van der Waals surface area contributed by atoms with Crippen molar-refractivity contribution < 1.29 is 51.4 Å². The molecular formula is C11H15KN2. The number of hydrogen-bond donors (Lipinski definition) is 1. The van der Waals surface area contributed by atoms with Gasteiger partial charge in [-0.2, -0.15) is 0 Å². The molecule has 2 nitrogen and oxygen atoms in total. The van der Waals surface area contributed by atoms with Crippen LogP contribution in [0, 0.1) is 6.92 Å². The Morgan fingerprint density at radius 2 is 1.93 bits per heavy atom. The van der Waals surface area contributed by atoms with E-state index in [0.29, 0.717) is 12.1 Å². The van der Waals surface area contributed by atoms with E-state index in [1.807, 2.05) is 31.2 Å². The van der Waals surface area contributed by atoms with E-state index >= 15 is 0 Å². The summed E-state index contributed by atoms with van der Waals surface area (Å²) in [6.45, 7) is 5.60. The minimum Gasteiger partial charge on any atom is -0.669 e. The minimum atomic E-state index is -0.386. The molecule has 0 aromatic heterocycles. The van der Waals surface area contributed by atoms with Crippen molar-refractivity contribution in [3.8, 4) is 0 Å². The smallest absolute Gasteiger partial charge is 0.669 e. The molecule has 0 saturated heterocycles. The fourth-order valence-electron chi connectivity index (χ4n) is 1.09. The summed E-state index contributed by atoms with van der Waals surface area (Å²) in [5.74, 6) is 0. The second-order valence-corrected chi connectivity index (χ2v) is 3.32. The van der Waals surface area contributed by atoms with Crippen LogP contribution in [0.15, 0.2) is 36.5 Å².